The second-order valence-corrected chi connectivity index (χ2v) is 3.90. The molecule has 94 valence electrons. The van der Waals surface area contributed by atoms with Gasteiger partial charge < -0.3 is 9.94 Å². The Labute approximate surface area is 105 Å². The Bertz CT molecular complexity index is 710. The predicted molar refractivity (Wildman–Crippen MR) is 61.7 cm³/mol. The third kappa shape index (κ3) is 1.80. The number of pyridine rings is 1. The number of hydrogen-bond donors (Lipinski definition) is 1. The number of methoxy groups -OCH3 is 1. The molecular weight excluding hydrogens is 265 g/mol. The lowest BCUT2D eigenvalue weighted by Gasteiger charge is -2.07. The van der Waals surface area contributed by atoms with Crippen molar-refractivity contribution in [1.29, 1.82) is 0 Å². The highest BCUT2D eigenvalue weighted by molar-refractivity contribution is 6.31. The van der Waals surface area contributed by atoms with Crippen molar-refractivity contribution in [3.05, 3.63) is 45.0 Å². The summed E-state index contributed by atoms with van der Waals surface area (Å²) in [6.07, 6.45) is 0.894. The van der Waals surface area contributed by atoms with E-state index >= 15 is 0 Å². The van der Waals surface area contributed by atoms with E-state index in [2.05, 4.69) is 4.74 Å². The van der Waals surface area contributed by atoms with Crippen molar-refractivity contribution in [2.45, 2.75) is 0 Å². The van der Waals surface area contributed by atoms with Crippen molar-refractivity contribution in [3.8, 4) is 0 Å². The maximum atomic E-state index is 13.3. The third-order valence-corrected chi connectivity index (χ3v) is 2.72. The fourth-order valence-electron chi connectivity index (χ4n) is 1.56. The molecule has 0 saturated carbocycles. The Kier molecular flexibility index (Phi) is 2.96. The van der Waals surface area contributed by atoms with E-state index in [1.807, 2.05) is 0 Å². The zero-order chi connectivity index (χ0) is 13.4. The van der Waals surface area contributed by atoms with Gasteiger partial charge in [0.25, 0.3) is 0 Å². The molecule has 2 rings (SSSR count). The van der Waals surface area contributed by atoms with E-state index < -0.39 is 22.8 Å². The zero-order valence-electron chi connectivity index (χ0n) is 9.11. The number of benzene rings is 1. The van der Waals surface area contributed by atoms with Gasteiger partial charge in [-0.1, -0.05) is 11.6 Å². The number of carbonyl (C=O) groups is 1. The van der Waals surface area contributed by atoms with Gasteiger partial charge >= 0.3 is 5.97 Å². The zero-order valence-corrected chi connectivity index (χ0v) is 9.86. The smallest absolute Gasteiger partial charge is 0.343 e. The number of fused-ring (bicyclic) bond motifs is 1. The highest BCUT2D eigenvalue weighted by atomic mass is 35.5. The van der Waals surface area contributed by atoms with Crippen LogP contribution in [0.3, 0.4) is 0 Å². The van der Waals surface area contributed by atoms with Crippen LogP contribution in [0.2, 0.25) is 5.02 Å². The molecule has 0 unspecified atom stereocenters. The van der Waals surface area contributed by atoms with Crippen molar-refractivity contribution in [2.75, 3.05) is 7.11 Å². The minimum Gasteiger partial charge on any atom is -0.465 e. The average Bonchev–Trinajstić information content (AvgIpc) is 2.35. The van der Waals surface area contributed by atoms with Gasteiger partial charge in [-0.2, -0.15) is 4.73 Å². The van der Waals surface area contributed by atoms with Crippen LogP contribution in [0.4, 0.5) is 4.39 Å². The van der Waals surface area contributed by atoms with Gasteiger partial charge in [-0.3, -0.25) is 4.79 Å². The van der Waals surface area contributed by atoms with E-state index in [0.29, 0.717) is 4.73 Å². The Morgan fingerprint density at radius 1 is 1.50 bits per heavy atom. The molecule has 5 nitrogen and oxygen atoms in total. The summed E-state index contributed by atoms with van der Waals surface area (Å²) >= 11 is 5.55. The Morgan fingerprint density at radius 2 is 2.17 bits per heavy atom. The summed E-state index contributed by atoms with van der Waals surface area (Å²) in [5.41, 5.74) is -1.13. The van der Waals surface area contributed by atoms with Gasteiger partial charge in [0.1, 0.15) is 11.4 Å². The summed E-state index contributed by atoms with van der Waals surface area (Å²) < 4.78 is 18.2. The van der Waals surface area contributed by atoms with E-state index in [0.717, 1.165) is 25.4 Å². The number of aromatic nitrogens is 1. The lowest BCUT2D eigenvalue weighted by Crippen LogP contribution is -2.19. The fourth-order valence-corrected chi connectivity index (χ4v) is 1.72. The Hall–Kier alpha value is -2.08. The van der Waals surface area contributed by atoms with Crippen LogP contribution in [0, 0.1) is 5.82 Å². The highest BCUT2D eigenvalue weighted by Gasteiger charge is 2.17. The molecule has 0 aliphatic rings. The molecule has 0 radical (unpaired) electrons. The van der Waals surface area contributed by atoms with E-state index in [-0.39, 0.29) is 15.9 Å². The number of carbonyl (C=O) groups excluding carboxylic acids is 1. The number of rotatable bonds is 1. The number of hydrogen-bond acceptors (Lipinski definition) is 4. The van der Waals surface area contributed by atoms with Crippen molar-refractivity contribution in [3.63, 3.8) is 0 Å². The van der Waals surface area contributed by atoms with Gasteiger partial charge in [0.15, 0.2) is 0 Å². The molecule has 1 aromatic heterocycles. The van der Waals surface area contributed by atoms with Crippen molar-refractivity contribution in [1.82, 2.24) is 4.73 Å². The van der Waals surface area contributed by atoms with Crippen molar-refractivity contribution >= 4 is 28.5 Å². The molecule has 0 bridgehead atoms. The van der Waals surface area contributed by atoms with Gasteiger partial charge in [-0.05, 0) is 12.1 Å². The molecule has 0 aliphatic carbocycles. The van der Waals surface area contributed by atoms with Crippen LogP contribution < -0.4 is 5.43 Å². The van der Waals surface area contributed by atoms with Gasteiger partial charge in [0.2, 0.25) is 5.43 Å². The average molecular weight is 272 g/mol. The second-order valence-electron chi connectivity index (χ2n) is 3.49. The number of nitrogens with zero attached hydrogens (tertiary/aromatic N) is 1. The largest absolute Gasteiger partial charge is 0.465 e. The molecule has 0 aliphatic heterocycles. The van der Waals surface area contributed by atoms with E-state index in [1.54, 1.807) is 0 Å². The normalized spacial score (nSPS) is 10.6. The first-order valence-corrected chi connectivity index (χ1v) is 5.15. The molecule has 1 aromatic carbocycles. The summed E-state index contributed by atoms with van der Waals surface area (Å²) in [5, 5.41) is 9.22. The van der Waals surface area contributed by atoms with Crippen LogP contribution in [0.25, 0.3) is 10.9 Å². The molecule has 1 N–H and O–H groups in total. The molecule has 0 spiro atoms. The van der Waals surface area contributed by atoms with E-state index in [1.165, 1.54) is 0 Å². The maximum Gasteiger partial charge on any atom is 0.343 e. The van der Waals surface area contributed by atoms with Gasteiger partial charge in [0.05, 0.1) is 29.2 Å². The molecule has 0 atom stereocenters. The lowest BCUT2D eigenvalue weighted by molar-refractivity contribution is 0.0595. The minimum atomic E-state index is -0.917. The second kappa shape index (κ2) is 4.30. The topological polar surface area (TPSA) is 68.5 Å². The van der Waals surface area contributed by atoms with Crippen LogP contribution >= 0.6 is 11.6 Å². The van der Waals surface area contributed by atoms with Crippen molar-refractivity contribution in [2.24, 2.45) is 0 Å². The maximum absolute atomic E-state index is 13.3. The van der Waals surface area contributed by atoms with Crippen LogP contribution in [0.5, 0.6) is 0 Å². The number of halogens is 2. The SMILES string of the molecule is COC(=O)c1cn(O)c2cc(Cl)c(F)cc2c1=O. The molecule has 0 saturated heterocycles. The summed E-state index contributed by atoms with van der Waals surface area (Å²) in [6, 6.07) is 1.95. The van der Waals surface area contributed by atoms with Crippen LogP contribution in [-0.2, 0) is 4.74 Å². The van der Waals surface area contributed by atoms with Gasteiger partial charge in [-0.25, -0.2) is 9.18 Å². The first-order valence-electron chi connectivity index (χ1n) is 4.77. The van der Waals surface area contributed by atoms with E-state index in [9.17, 15) is 19.2 Å². The molecule has 18 heavy (non-hydrogen) atoms. The Balaban J connectivity index is 2.90. The molecule has 1 heterocycles. The highest BCUT2D eigenvalue weighted by Crippen LogP contribution is 2.21. The van der Waals surface area contributed by atoms with Gasteiger partial charge in [0, 0.05) is 0 Å². The van der Waals surface area contributed by atoms with Gasteiger partial charge in [-0.15, -0.1) is 0 Å². The first-order chi connectivity index (χ1) is 8.45. The monoisotopic (exact) mass is 271 g/mol. The van der Waals surface area contributed by atoms with Crippen LogP contribution in [-0.4, -0.2) is 23.0 Å². The predicted octanol–water partition coefficient (Wildman–Crippen LogP) is 1.82. The summed E-state index contributed by atoms with van der Waals surface area (Å²) in [6.45, 7) is 0. The summed E-state index contributed by atoms with van der Waals surface area (Å²) in [7, 11) is 1.09. The number of ether oxygens (including phenoxy) is 1. The molecule has 0 amide bonds. The van der Waals surface area contributed by atoms with Crippen molar-refractivity contribution < 1.29 is 19.1 Å². The molecular formula is C11H7ClFNO4. The summed E-state index contributed by atoms with van der Waals surface area (Å²) in [4.78, 5) is 23.2. The standard InChI is InChI=1S/C11H7ClFNO4/c1-18-11(16)6-4-14(17)9-3-7(12)8(13)2-5(9)10(6)15/h2-4,17H,1H3. The number of esters is 1. The molecule has 2 aromatic rings. The minimum absolute atomic E-state index is 0.000877. The lowest BCUT2D eigenvalue weighted by atomic mass is 10.1. The quantitative estimate of drug-likeness (QED) is 0.634. The summed E-state index contributed by atoms with van der Waals surface area (Å²) in [5.74, 6) is -1.73. The van der Waals surface area contributed by atoms with Crippen LogP contribution in [0.1, 0.15) is 10.4 Å². The molecule has 0 fully saturated rings. The Morgan fingerprint density at radius 3 is 2.78 bits per heavy atom. The van der Waals surface area contributed by atoms with E-state index in [4.69, 9.17) is 11.6 Å². The fraction of sp³-hybridized carbons (Fsp3) is 0.0909. The third-order valence-electron chi connectivity index (χ3n) is 2.43. The molecule has 7 heteroatoms. The first kappa shape index (κ1) is 12.4. The van der Waals surface area contributed by atoms with Crippen LogP contribution in [0.15, 0.2) is 23.1 Å².